The highest BCUT2D eigenvalue weighted by atomic mass is 19.4. The van der Waals surface area contributed by atoms with Crippen LogP contribution < -0.4 is 5.32 Å². The normalized spacial score (nSPS) is 11.8. The molecule has 126 valence electrons. The number of hydrogen-bond donors (Lipinski definition) is 1. The molecule has 2 heterocycles. The second-order valence-corrected chi connectivity index (χ2v) is 5.17. The molecule has 0 bridgehead atoms. The quantitative estimate of drug-likeness (QED) is 0.702. The minimum atomic E-state index is -4.39. The van der Waals surface area contributed by atoms with Crippen LogP contribution in [0.25, 0.3) is 11.5 Å². The lowest BCUT2D eigenvalue weighted by atomic mass is 10.1. The molecule has 0 atom stereocenters. The van der Waals surface area contributed by atoms with E-state index in [-0.39, 0.29) is 5.89 Å². The Kier molecular flexibility index (Phi) is 4.66. The van der Waals surface area contributed by atoms with E-state index in [9.17, 15) is 13.2 Å². The zero-order valence-electron chi connectivity index (χ0n) is 12.6. The van der Waals surface area contributed by atoms with Crippen molar-refractivity contribution in [1.29, 1.82) is 0 Å². The van der Waals surface area contributed by atoms with E-state index in [4.69, 9.17) is 4.42 Å². The Hall–Kier alpha value is -2.61. The third-order valence-corrected chi connectivity index (χ3v) is 3.37. The van der Waals surface area contributed by atoms with Crippen LogP contribution in [0, 0.1) is 0 Å². The first-order valence-electron chi connectivity index (χ1n) is 7.32. The van der Waals surface area contributed by atoms with Gasteiger partial charge in [-0.15, -0.1) is 0 Å². The van der Waals surface area contributed by atoms with E-state index in [1.54, 1.807) is 10.9 Å². The van der Waals surface area contributed by atoms with Crippen molar-refractivity contribution >= 4 is 0 Å². The Balaban J connectivity index is 1.59. The molecule has 0 fully saturated rings. The summed E-state index contributed by atoms with van der Waals surface area (Å²) < 4.78 is 45.3. The van der Waals surface area contributed by atoms with E-state index < -0.39 is 11.7 Å². The zero-order chi connectivity index (χ0) is 17.0. The molecule has 0 spiro atoms. The molecular weight excluding hydrogens is 321 g/mol. The van der Waals surface area contributed by atoms with Crippen molar-refractivity contribution in [2.75, 3.05) is 6.54 Å². The summed E-state index contributed by atoms with van der Waals surface area (Å²) in [6, 6.07) is 6.77. The Morgan fingerprint density at radius 2 is 2.08 bits per heavy atom. The average molecular weight is 336 g/mol. The minimum absolute atomic E-state index is 0.171. The summed E-state index contributed by atoms with van der Waals surface area (Å²) in [7, 11) is 0. The number of nitrogens with one attached hydrogen (secondary N) is 1. The fourth-order valence-electron chi connectivity index (χ4n) is 2.19. The lowest BCUT2D eigenvalue weighted by Gasteiger charge is -2.06. The van der Waals surface area contributed by atoms with Crippen molar-refractivity contribution in [3.63, 3.8) is 0 Å². The van der Waals surface area contributed by atoms with Crippen molar-refractivity contribution in [1.82, 2.24) is 20.1 Å². The fourth-order valence-corrected chi connectivity index (χ4v) is 2.19. The summed E-state index contributed by atoms with van der Waals surface area (Å²) in [6.07, 6.45) is 0.624. The highest BCUT2D eigenvalue weighted by Gasteiger charge is 2.30. The number of oxazole rings is 1. The minimum Gasteiger partial charge on any atom is -0.444 e. The predicted molar refractivity (Wildman–Crippen MR) is 80.9 cm³/mol. The molecule has 0 aliphatic rings. The second-order valence-electron chi connectivity index (χ2n) is 5.17. The van der Waals surface area contributed by atoms with Crippen LogP contribution in [0.3, 0.4) is 0 Å². The van der Waals surface area contributed by atoms with Crippen LogP contribution in [0.5, 0.6) is 0 Å². The third-order valence-electron chi connectivity index (χ3n) is 3.37. The number of benzene rings is 1. The number of alkyl halides is 3. The molecule has 24 heavy (non-hydrogen) atoms. The maximum Gasteiger partial charge on any atom is 0.416 e. The summed E-state index contributed by atoms with van der Waals surface area (Å²) in [5, 5.41) is 7.26. The van der Waals surface area contributed by atoms with Gasteiger partial charge in [-0.05, 0) is 24.3 Å². The average Bonchev–Trinajstić information content (AvgIpc) is 3.23. The van der Waals surface area contributed by atoms with Gasteiger partial charge in [-0.25, -0.2) is 4.98 Å². The van der Waals surface area contributed by atoms with Crippen molar-refractivity contribution in [3.05, 3.63) is 60.2 Å². The standard InChI is InChI=1S/C16H15F3N4O/c17-16(18,19)13-4-1-3-12(9-13)15-22-14(11-24-15)10-20-6-8-23-7-2-5-21-23/h1-5,7,9,11,20H,6,8,10H2. The molecule has 5 nitrogen and oxygen atoms in total. The Morgan fingerprint density at radius 1 is 1.21 bits per heavy atom. The van der Waals surface area contributed by atoms with Gasteiger partial charge in [-0.2, -0.15) is 18.3 Å². The molecule has 2 aromatic heterocycles. The smallest absolute Gasteiger partial charge is 0.416 e. The van der Waals surface area contributed by atoms with Crippen molar-refractivity contribution < 1.29 is 17.6 Å². The summed E-state index contributed by atoms with van der Waals surface area (Å²) in [4.78, 5) is 4.22. The number of hydrogen-bond acceptors (Lipinski definition) is 4. The molecule has 1 N–H and O–H groups in total. The fraction of sp³-hybridized carbons (Fsp3) is 0.250. The molecule has 0 unspecified atom stereocenters. The van der Waals surface area contributed by atoms with Gasteiger partial charge in [0, 0.05) is 31.0 Å². The first kappa shape index (κ1) is 16.3. The van der Waals surface area contributed by atoms with Gasteiger partial charge >= 0.3 is 6.18 Å². The Bertz CT molecular complexity index is 781. The molecule has 1 aromatic carbocycles. The van der Waals surface area contributed by atoms with Gasteiger partial charge in [0.05, 0.1) is 17.8 Å². The maximum absolute atomic E-state index is 12.7. The van der Waals surface area contributed by atoms with Gasteiger partial charge in [-0.3, -0.25) is 4.68 Å². The first-order valence-corrected chi connectivity index (χ1v) is 7.32. The summed E-state index contributed by atoms with van der Waals surface area (Å²) >= 11 is 0. The first-order chi connectivity index (χ1) is 11.5. The van der Waals surface area contributed by atoms with Crippen LogP contribution in [0.2, 0.25) is 0 Å². The number of nitrogens with zero attached hydrogens (tertiary/aromatic N) is 3. The number of aromatic nitrogens is 3. The third kappa shape index (κ3) is 4.02. The lowest BCUT2D eigenvalue weighted by Crippen LogP contribution is -2.19. The van der Waals surface area contributed by atoms with E-state index >= 15 is 0 Å². The molecule has 0 saturated heterocycles. The van der Waals surface area contributed by atoms with E-state index in [2.05, 4.69) is 15.4 Å². The molecule has 0 amide bonds. The molecule has 0 radical (unpaired) electrons. The SMILES string of the molecule is FC(F)(F)c1cccc(-c2nc(CNCCn3cccn3)co2)c1. The van der Waals surface area contributed by atoms with Gasteiger partial charge < -0.3 is 9.73 Å². The van der Waals surface area contributed by atoms with Gasteiger partial charge in [0.15, 0.2) is 0 Å². The van der Waals surface area contributed by atoms with Crippen molar-refractivity contribution in [3.8, 4) is 11.5 Å². The largest absolute Gasteiger partial charge is 0.444 e. The Labute approximate surface area is 136 Å². The lowest BCUT2D eigenvalue weighted by molar-refractivity contribution is -0.137. The molecule has 0 aliphatic carbocycles. The Morgan fingerprint density at radius 3 is 2.83 bits per heavy atom. The van der Waals surface area contributed by atoms with Crippen LogP contribution in [0.1, 0.15) is 11.3 Å². The van der Waals surface area contributed by atoms with Gasteiger partial charge in [0.2, 0.25) is 5.89 Å². The van der Waals surface area contributed by atoms with Crippen LogP contribution in [0.15, 0.2) is 53.4 Å². The van der Waals surface area contributed by atoms with Crippen LogP contribution in [0.4, 0.5) is 13.2 Å². The molecule has 0 aliphatic heterocycles. The predicted octanol–water partition coefficient (Wildman–Crippen LogP) is 3.35. The zero-order valence-corrected chi connectivity index (χ0v) is 12.6. The van der Waals surface area contributed by atoms with E-state index in [1.807, 2.05) is 12.3 Å². The van der Waals surface area contributed by atoms with E-state index in [1.165, 1.54) is 18.4 Å². The van der Waals surface area contributed by atoms with E-state index in [0.717, 1.165) is 12.1 Å². The van der Waals surface area contributed by atoms with Crippen LogP contribution in [-0.4, -0.2) is 21.3 Å². The van der Waals surface area contributed by atoms with E-state index in [0.29, 0.717) is 30.9 Å². The monoisotopic (exact) mass is 336 g/mol. The highest BCUT2D eigenvalue weighted by molar-refractivity contribution is 5.54. The molecule has 0 saturated carbocycles. The number of rotatable bonds is 6. The molecule has 3 aromatic rings. The summed E-state index contributed by atoms with van der Waals surface area (Å²) in [6.45, 7) is 1.86. The maximum atomic E-state index is 12.7. The van der Waals surface area contributed by atoms with Gasteiger partial charge in [0.1, 0.15) is 6.26 Å². The van der Waals surface area contributed by atoms with Gasteiger partial charge in [-0.1, -0.05) is 6.07 Å². The number of halogens is 3. The summed E-state index contributed by atoms with van der Waals surface area (Å²) in [5.74, 6) is 0.171. The molecular formula is C16H15F3N4O. The van der Waals surface area contributed by atoms with Crippen LogP contribution >= 0.6 is 0 Å². The molecule has 8 heteroatoms. The van der Waals surface area contributed by atoms with Crippen molar-refractivity contribution in [2.24, 2.45) is 0 Å². The topological polar surface area (TPSA) is 55.9 Å². The highest BCUT2D eigenvalue weighted by Crippen LogP contribution is 2.31. The van der Waals surface area contributed by atoms with Crippen molar-refractivity contribution in [2.45, 2.75) is 19.3 Å². The second kappa shape index (κ2) is 6.88. The van der Waals surface area contributed by atoms with Crippen LogP contribution in [-0.2, 0) is 19.3 Å². The van der Waals surface area contributed by atoms with Gasteiger partial charge in [0.25, 0.3) is 0 Å². The summed E-state index contributed by atoms with van der Waals surface area (Å²) in [5.41, 5.74) is 0.201. The molecule has 3 rings (SSSR count).